The number of hydrogen-bond donors (Lipinski definition) is 2. The lowest BCUT2D eigenvalue weighted by molar-refractivity contribution is -0.139. The molecule has 3 aromatic rings. The maximum atomic E-state index is 12.6. The SMILES string of the molecule is Cl.O=C(NC(Cc1ccc(CN2CCOCC2)cc1)C(=O)O)OCC1c2ccccc2-c2ccccc21. The Bertz CT molecular complexity index is 1180. The molecule has 7 nitrogen and oxygen atoms in total. The van der Waals surface area contributed by atoms with Crippen LogP contribution in [-0.2, 0) is 27.2 Å². The monoisotopic (exact) mass is 522 g/mol. The first-order chi connectivity index (χ1) is 17.6. The van der Waals surface area contributed by atoms with Gasteiger partial charge in [-0.1, -0.05) is 72.8 Å². The van der Waals surface area contributed by atoms with Crippen molar-refractivity contribution in [1.82, 2.24) is 10.2 Å². The van der Waals surface area contributed by atoms with Crippen molar-refractivity contribution < 1.29 is 24.2 Å². The number of carbonyl (C=O) groups is 2. The number of carboxylic acids is 1. The van der Waals surface area contributed by atoms with E-state index < -0.39 is 18.1 Å². The number of benzene rings is 3. The van der Waals surface area contributed by atoms with Crippen molar-refractivity contribution >= 4 is 24.5 Å². The summed E-state index contributed by atoms with van der Waals surface area (Å²) in [5.41, 5.74) is 6.51. The number of carboxylic acid groups (broad SMARTS) is 1. The van der Waals surface area contributed by atoms with Crippen LogP contribution in [0.15, 0.2) is 72.8 Å². The molecule has 2 aliphatic rings. The van der Waals surface area contributed by atoms with Crippen molar-refractivity contribution in [1.29, 1.82) is 0 Å². The van der Waals surface area contributed by atoms with Gasteiger partial charge in [-0.2, -0.15) is 0 Å². The topological polar surface area (TPSA) is 88.1 Å². The normalized spacial score (nSPS) is 15.7. The molecule has 0 bridgehead atoms. The second kappa shape index (κ2) is 12.2. The van der Waals surface area contributed by atoms with Gasteiger partial charge in [0.1, 0.15) is 12.6 Å². The highest BCUT2D eigenvalue weighted by Gasteiger charge is 2.29. The van der Waals surface area contributed by atoms with Crippen molar-refractivity contribution in [3.63, 3.8) is 0 Å². The number of morpholine rings is 1. The van der Waals surface area contributed by atoms with E-state index in [0.29, 0.717) is 0 Å². The fraction of sp³-hybridized carbons (Fsp3) is 0.310. The van der Waals surface area contributed by atoms with Crippen LogP contribution in [0.25, 0.3) is 11.1 Å². The van der Waals surface area contributed by atoms with Crippen LogP contribution < -0.4 is 5.32 Å². The quantitative estimate of drug-likeness (QED) is 0.453. The number of amides is 1. The van der Waals surface area contributed by atoms with Crippen LogP contribution in [0.2, 0.25) is 0 Å². The van der Waals surface area contributed by atoms with Crippen LogP contribution in [0.5, 0.6) is 0 Å². The summed E-state index contributed by atoms with van der Waals surface area (Å²) in [6.07, 6.45) is -0.551. The lowest BCUT2D eigenvalue weighted by Gasteiger charge is -2.26. The second-order valence-corrected chi connectivity index (χ2v) is 9.27. The van der Waals surface area contributed by atoms with Crippen LogP contribution in [0.4, 0.5) is 4.79 Å². The maximum Gasteiger partial charge on any atom is 0.407 e. The third-order valence-corrected chi connectivity index (χ3v) is 6.91. The molecule has 37 heavy (non-hydrogen) atoms. The van der Waals surface area contributed by atoms with Crippen molar-refractivity contribution in [3.8, 4) is 11.1 Å². The molecule has 1 atom stereocenters. The minimum absolute atomic E-state index is 0. The van der Waals surface area contributed by atoms with Gasteiger partial charge in [-0.15, -0.1) is 12.4 Å². The van der Waals surface area contributed by atoms with E-state index in [2.05, 4.69) is 22.3 Å². The third kappa shape index (κ3) is 6.31. The van der Waals surface area contributed by atoms with Gasteiger partial charge < -0.3 is 19.9 Å². The minimum Gasteiger partial charge on any atom is -0.480 e. The Morgan fingerprint density at radius 3 is 2.08 bits per heavy atom. The van der Waals surface area contributed by atoms with Gasteiger partial charge in [-0.05, 0) is 33.4 Å². The summed E-state index contributed by atoms with van der Waals surface area (Å²) in [4.78, 5) is 26.8. The number of hydrogen-bond acceptors (Lipinski definition) is 5. The predicted octanol–water partition coefficient (Wildman–Crippen LogP) is 4.48. The molecule has 1 amide bonds. The van der Waals surface area contributed by atoms with E-state index in [0.717, 1.165) is 66.2 Å². The molecule has 0 saturated carbocycles. The van der Waals surface area contributed by atoms with E-state index >= 15 is 0 Å². The first-order valence-corrected chi connectivity index (χ1v) is 12.3. The van der Waals surface area contributed by atoms with Gasteiger partial charge in [0.15, 0.2) is 0 Å². The average molecular weight is 523 g/mol. The number of aliphatic carboxylic acids is 1. The molecule has 1 aliphatic carbocycles. The first-order valence-electron chi connectivity index (χ1n) is 12.3. The molecule has 5 rings (SSSR count). The Kier molecular flexibility index (Phi) is 8.82. The van der Waals surface area contributed by atoms with Gasteiger partial charge in [-0.25, -0.2) is 9.59 Å². The van der Waals surface area contributed by atoms with Gasteiger partial charge >= 0.3 is 12.1 Å². The molecule has 0 spiro atoms. The zero-order chi connectivity index (χ0) is 24.9. The van der Waals surface area contributed by atoms with Crippen molar-refractivity contribution in [2.24, 2.45) is 0 Å². The van der Waals surface area contributed by atoms with Gasteiger partial charge in [0.2, 0.25) is 0 Å². The minimum atomic E-state index is -1.10. The van der Waals surface area contributed by atoms with Gasteiger partial charge in [0, 0.05) is 32.0 Å². The standard InChI is InChI=1S/C29H30N2O5.ClH/c32-28(33)27(17-20-9-11-21(12-10-20)18-31-13-15-35-16-14-31)30-29(34)36-19-26-24-7-3-1-5-22(24)23-6-2-4-8-25(23)26;/h1-12,26-27H,13-19H2,(H,30,34)(H,32,33);1H. The number of nitrogens with zero attached hydrogens (tertiary/aromatic N) is 1. The lowest BCUT2D eigenvalue weighted by atomic mass is 9.98. The van der Waals surface area contributed by atoms with E-state index in [1.807, 2.05) is 60.7 Å². The molecule has 1 aliphatic heterocycles. The number of rotatable bonds is 8. The fourth-order valence-electron chi connectivity index (χ4n) is 5.02. The average Bonchev–Trinajstić information content (AvgIpc) is 3.22. The van der Waals surface area contributed by atoms with E-state index in [4.69, 9.17) is 9.47 Å². The van der Waals surface area contributed by atoms with Crippen LogP contribution in [0.1, 0.15) is 28.2 Å². The van der Waals surface area contributed by atoms with Crippen LogP contribution in [0.3, 0.4) is 0 Å². The Hall–Kier alpha value is -3.39. The van der Waals surface area contributed by atoms with Crippen LogP contribution in [0, 0.1) is 0 Å². The molecule has 1 heterocycles. The summed E-state index contributed by atoms with van der Waals surface area (Å²) in [5.74, 6) is -1.17. The molecular formula is C29H31ClN2O5. The smallest absolute Gasteiger partial charge is 0.407 e. The number of ether oxygens (including phenoxy) is 2. The van der Waals surface area contributed by atoms with Crippen LogP contribution >= 0.6 is 12.4 Å². The summed E-state index contributed by atoms with van der Waals surface area (Å²) in [6.45, 7) is 4.30. The highest BCUT2D eigenvalue weighted by atomic mass is 35.5. The Labute approximate surface area is 222 Å². The molecular weight excluding hydrogens is 492 g/mol. The molecule has 1 unspecified atom stereocenters. The third-order valence-electron chi connectivity index (χ3n) is 6.91. The highest BCUT2D eigenvalue weighted by molar-refractivity contribution is 5.85. The van der Waals surface area contributed by atoms with Gasteiger partial charge in [-0.3, -0.25) is 4.90 Å². The lowest BCUT2D eigenvalue weighted by Crippen LogP contribution is -2.42. The zero-order valence-electron chi connectivity index (χ0n) is 20.5. The maximum absolute atomic E-state index is 12.6. The van der Waals surface area contributed by atoms with Crippen molar-refractivity contribution in [3.05, 3.63) is 95.1 Å². The summed E-state index contributed by atoms with van der Waals surface area (Å²) >= 11 is 0. The van der Waals surface area contributed by atoms with E-state index in [1.165, 1.54) is 0 Å². The van der Waals surface area contributed by atoms with Gasteiger partial charge in [0.25, 0.3) is 0 Å². The first kappa shape index (κ1) is 26.7. The second-order valence-electron chi connectivity index (χ2n) is 9.27. The molecule has 1 fully saturated rings. The molecule has 8 heteroatoms. The van der Waals surface area contributed by atoms with Crippen molar-refractivity contribution in [2.75, 3.05) is 32.9 Å². The number of alkyl carbamates (subject to hydrolysis) is 1. The van der Waals surface area contributed by atoms with Crippen molar-refractivity contribution in [2.45, 2.75) is 24.9 Å². The largest absolute Gasteiger partial charge is 0.480 e. The number of halogens is 1. The summed E-state index contributed by atoms with van der Waals surface area (Å²) < 4.78 is 10.9. The van der Waals surface area contributed by atoms with E-state index in [-0.39, 0.29) is 31.4 Å². The molecule has 0 radical (unpaired) electrons. The van der Waals surface area contributed by atoms with Crippen LogP contribution in [-0.4, -0.2) is 61.0 Å². The number of nitrogens with one attached hydrogen (secondary N) is 1. The zero-order valence-corrected chi connectivity index (χ0v) is 21.3. The summed E-state index contributed by atoms with van der Waals surface area (Å²) in [5, 5.41) is 12.2. The highest BCUT2D eigenvalue weighted by Crippen LogP contribution is 2.44. The Morgan fingerprint density at radius 1 is 0.919 bits per heavy atom. The Morgan fingerprint density at radius 2 is 1.49 bits per heavy atom. The summed E-state index contributed by atoms with van der Waals surface area (Å²) in [7, 11) is 0. The Balaban J connectivity index is 0.00000320. The number of fused-ring (bicyclic) bond motifs is 3. The molecule has 1 saturated heterocycles. The van der Waals surface area contributed by atoms with Gasteiger partial charge in [0.05, 0.1) is 13.2 Å². The predicted molar refractivity (Wildman–Crippen MR) is 143 cm³/mol. The molecule has 194 valence electrons. The molecule has 2 N–H and O–H groups in total. The fourth-order valence-corrected chi connectivity index (χ4v) is 5.02. The summed E-state index contributed by atoms with van der Waals surface area (Å²) in [6, 6.07) is 23.0. The van der Waals surface area contributed by atoms with E-state index in [9.17, 15) is 14.7 Å². The number of carbonyl (C=O) groups excluding carboxylic acids is 1. The molecule has 3 aromatic carbocycles. The van der Waals surface area contributed by atoms with E-state index in [1.54, 1.807) is 0 Å². The molecule has 0 aromatic heterocycles.